The maximum absolute atomic E-state index is 13.6. The number of amides is 3. The maximum atomic E-state index is 13.6. The molecule has 0 radical (unpaired) electrons. The number of fused-ring (bicyclic) bond motifs is 4. The summed E-state index contributed by atoms with van der Waals surface area (Å²) in [6.45, 7) is 7.08. The Morgan fingerprint density at radius 2 is 1.89 bits per heavy atom. The SMILES string of the molecule is C[C@@H]1NC(=O)[C@H](CCn2cc(CO)nn2)NC(=O)C(C)(C)C=Cc2cc3cc(ccc3cn2)[C@@H](C)OC(=O)[C@@H]2CCCN(N2)C1=O. The quantitative estimate of drug-likeness (QED) is 0.308. The molecule has 5 rings (SSSR count). The topological polar surface area (TPSA) is 181 Å². The molecule has 0 spiro atoms. The number of benzene rings is 1. The van der Waals surface area contributed by atoms with Crippen molar-refractivity contribution in [3.8, 4) is 0 Å². The number of aromatic nitrogens is 4. The first-order chi connectivity index (χ1) is 21.9. The summed E-state index contributed by atoms with van der Waals surface area (Å²) in [6.07, 6.45) is 7.40. The average Bonchev–Trinajstić information content (AvgIpc) is 3.52. The molecule has 1 saturated heterocycles. The highest BCUT2D eigenvalue weighted by Gasteiger charge is 2.34. The normalized spacial score (nSPS) is 24.4. The Bertz CT molecular complexity index is 1650. The average molecular weight is 633 g/mol. The van der Waals surface area contributed by atoms with Crippen LogP contribution in [0.2, 0.25) is 0 Å². The minimum absolute atomic E-state index is 0.134. The predicted octanol–water partition coefficient (Wildman–Crippen LogP) is 1.55. The van der Waals surface area contributed by atoms with E-state index in [9.17, 15) is 24.3 Å². The Balaban J connectivity index is 1.46. The van der Waals surface area contributed by atoms with Crippen LogP contribution in [0.15, 0.2) is 42.7 Å². The van der Waals surface area contributed by atoms with Crippen LogP contribution in [-0.4, -0.2) is 78.5 Å². The third-order valence-electron chi connectivity index (χ3n) is 8.27. The van der Waals surface area contributed by atoms with E-state index in [0.29, 0.717) is 30.8 Å². The molecule has 2 aliphatic rings. The van der Waals surface area contributed by atoms with Crippen LogP contribution in [0.5, 0.6) is 0 Å². The van der Waals surface area contributed by atoms with Gasteiger partial charge >= 0.3 is 5.97 Å². The van der Waals surface area contributed by atoms with E-state index in [2.05, 4.69) is 31.4 Å². The number of esters is 1. The first-order valence-corrected chi connectivity index (χ1v) is 15.4. The molecule has 1 fully saturated rings. The second-order valence-corrected chi connectivity index (χ2v) is 12.3. The summed E-state index contributed by atoms with van der Waals surface area (Å²) in [5.41, 5.74) is 3.74. The molecule has 4 atom stereocenters. The zero-order valence-electron chi connectivity index (χ0n) is 26.4. The van der Waals surface area contributed by atoms with Crippen LogP contribution in [0, 0.1) is 5.41 Å². The van der Waals surface area contributed by atoms with Crippen LogP contribution in [0.3, 0.4) is 0 Å². The molecule has 244 valence electrons. The summed E-state index contributed by atoms with van der Waals surface area (Å²) in [7, 11) is 0. The van der Waals surface area contributed by atoms with E-state index in [1.54, 1.807) is 52.2 Å². The van der Waals surface area contributed by atoms with Crippen LogP contribution in [0.1, 0.15) is 70.0 Å². The molecular formula is C32H40N8O6. The second kappa shape index (κ2) is 13.7. The molecular weight excluding hydrogens is 592 g/mol. The number of cyclic esters (lactones) is 1. The lowest BCUT2D eigenvalue weighted by atomic mass is 9.90. The smallest absolute Gasteiger partial charge is 0.325 e. The largest absolute Gasteiger partial charge is 0.457 e. The van der Waals surface area contributed by atoms with E-state index in [1.807, 2.05) is 24.3 Å². The van der Waals surface area contributed by atoms with Crippen molar-refractivity contribution in [3.05, 3.63) is 59.7 Å². The number of carbonyl (C=O) groups excluding carboxylic acids is 4. The van der Waals surface area contributed by atoms with Gasteiger partial charge in [0.05, 0.1) is 23.9 Å². The summed E-state index contributed by atoms with van der Waals surface area (Å²) in [6, 6.07) is 4.91. The lowest BCUT2D eigenvalue weighted by molar-refractivity contribution is -0.157. The van der Waals surface area contributed by atoms with Crippen molar-refractivity contribution in [2.45, 2.75) is 84.3 Å². The van der Waals surface area contributed by atoms with E-state index in [-0.39, 0.29) is 19.6 Å². The van der Waals surface area contributed by atoms with E-state index in [0.717, 1.165) is 16.3 Å². The molecule has 5 bridgehead atoms. The minimum Gasteiger partial charge on any atom is -0.457 e. The molecule has 3 amide bonds. The number of rotatable bonds is 4. The number of pyridine rings is 1. The van der Waals surface area contributed by atoms with Crippen LogP contribution in [0.4, 0.5) is 0 Å². The van der Waals surface area contributed by atoms with Gasteiger partial charge in [-0.25, -0.2) is 5.43 Å². The molecule has 4 N–H and O–H groups in total. The van der Waals surface area contributed by atoms with Gasteiger partial charge in [-0.2, -0.15) is 0 Å². The highest BCUT2D eigenvalue weighted by molar-refractivity contribution is 5.94. The molecule has 14 heteroatoms. The molecule has 1 aromatic carbocycles. The summed E-state index contributed by atoms with van der Waals surface area (Å²) in [4.78, 5) is 58.2. The summed E-state index contributed by atoms with van der Waals surface area (Å²) in [5.74, 6) is -1.88. The standard InChI is InChI=1S/C32H40N8O6/c1-19-29(43)40-12-5-6-27(37-40)30(44)46-20(2)21-7-8-22-16-33-24(15-23(22)14-21)9-11-32(3,4)31(45)35-26(28(42)34-19)10-13-39-17-25(18-41)36-38-39/h7-9,11,14-17,19-20,26-27,37,41H,5-6,10,12-13,18H2,1-4H3,(H,34,42)(H,35,45)/t19-,20+,26-,27-/m0/s1. The van der Waals surface area contributed by atoms with Gasteiger partial charge in [0, 0.05) is 24.7 Å². The van der Waals surface area contributed by atoms with E-state index < -0.39 is 53.3 Å². The number of aliphatic hydroxyl groups is 1. The Labute approximate surface area is 266 Å². The van der Waals surface area contributed by atoms with Crippen molar-refractivity contribution in [3.63, 3.8) is 0 Å². The Morgan fingerprint density at radius 3 is 2.65 bits per heavy atom. The first-order valence-electron chi connectivity index (χ1n) is 15.4. The van der Waals surface area contributed by atoms with Crippen molar-refractivity contribution in [1.82, 2.24) is 41.0 Å². The van der Waals surface area contributed by atoms with Gasteiger partial charge in [0.15, 0.2) is 0 Å². The number of aryl methyl sites for hydroxylation is 1. The van der Waals surface area contributed by atoms with E-state index in [4.69, 9.17) is 4.74 Å². The summed E-state index contributed by atoms with van der Waals surface area (Å²) >= 11 is 0. The number of ether oxygens (including phenoxy) is 1. The number of hydrogen-bond donors (Lipinski definition) is 4. The van der Waals surface area contributed by atoms with Crippen LogP contribution >= 0.6 is 0 Å². The molecule has 0 unspecified atom stereocenters. The number of nitrogens with zero attached hydrogens (tertiary/aromatic N) is 5. The fourth-order valence-corrected chi connectivity index (χ4v) is 5.33. The molecule has 0 aliphatic carbocycles. The van der Waals surface area contributed by atoms with Crippen LogP contribution in [0.25, 0.3) is 16.8 Å². The number of nitrogens with one attached hydrogen (secondary N) is 3. The van der Waals surface area contributed by atoms with Crippen molar-refractivity contribution in [2.75, 3.05) is 6.54 Å². The second-order valence-electron chi connectivity index (χ2n) is 12.3. The third kappa shape index (κ3) is 7.57. The molecule has 4 heterocycles. The molecule has 14 nitrogen and oxygen atoms in total. The number of hydrazine groups is 1. The third-order valence-corrected chi connectivity index (χ3v) is 8.27. The van der Waals surface area contributed by atoms with Crippen molar-refractivity contribution < 1.29 is 29.0 Å². The monoisotopic (exact) mass is 632 g/mol. The van der Waals surface area contributed by atoms with Gasteiger partial charge in [-0.05, 0) is 76.1 Å². The zero-order valence-corrected chi connectivity index (χ0v) is 26.4. The molecule has 46 heavy (non-hydrogen) atoms. The maximum Gasteiger partial charge on any atom is 0.325 e. The highest BCUT2D eigenvalue weighted by atomic mass is 16.5. The van der Waals surface area contributed by atoms with Gasteiger partial charge in [-0.15, -0.1) is 5.10 Å². The molecule has 0 saturated carbocycles. The van der Waals surface area contributed by atoms with Gasteiger partial charge in [0.25, 0.3) is 5.91 Å². The fourth-order valence-electron chi connectivity index (χ4n) is 5.33. The van der Waals surface area contributed by atoms with Gasteiger partial charge in [-0.3, -0.25) is 33.9 Å². The Hall–Kier alpha value is -4.69. The number of hydrogen-bond acceptors (Lipinski definition) is 10. The lowest BCUT2D eigenvalue weighted by Gasteiger charge is -2.35. The fraction of sp³-hybridized carbons (Fsp3) is 0.469. The van der Waals surface area contributed by atoms with Crippen molar-refractivity contribution in [2.24, 2.45) is 5.41 Å². The Morgan fingerprint density at radius 1 is 1.09 bits per heavy atom. The van der Waals surface area contributed by atoms with Crippen molar-refractivity contribution >= 4 is 40.5 Å². The molecule has 2 aliphatic heterocycles. The first kappa shape index (κ1) is 32.7. The lowest BCUT2D eigenvalue weighted by Crippen LogP contribution is -2.60. The van der Waals surface area contributed by atoms with Gasteiger partial charge < -0.3 is 20.5 Å². The van der Waals surface area contributed by atoms with Crippen LogP contribution < -0.4 is 16.1 Å². The molecule has 2 aromatic heterocycles. The zero-order chi connectivity index (χ0) is 33.0. The van der Waals surface area contributed by atoms with Crippen molar-refractivity contribution in [1.29, 1.82) is 0 Å². The minimum atomic E-state index is -1.04. The number of carbonyl (C=O) groups is 4. The highest BCUT2D eigenvalue weighted by Crippen LogP contribution is 2.26. The summed E-state index contributed by atoms with van der Waals surface area (Å²) < 4.78 is 7.29. The van der Waals surface area contributed by atoms with E-state index >= 15 is 0 Å². The predicted molar refractivity (Wildman–Crippen MR) is 167 cm³/mol. The van der Waals surface area contributed by atoms with Gasteiger partial charge in [0.1, 0.15) is 29.9 Å². The van der Waals surface area contributed by atoms with Gasteiger partial charge in [0.2, 0.25) is 11.8 Å². The Kier molecular flexibility index (Phi) is 9.77. The van der Waals surface area contributed by atoms with Gasteiger partial charge in [-0.1, -0.05) is 23.4 Å². The number of aliphatic hydroxyl groups excluding tert-OH is 1. The van der Waals surface area contributed by atoms with E-state index in [1.165, 1.54) is 9.69 Å². The molecule has 3 aromatic rings. The summed E-state index contributed by atoms with van der Waals surface area (Å²) in [5, 5.41) is 25.8. The van der Waals surface area contributed by atoms with Crippen LogP contribution in [-0.2, 0) is 37.1 Å².